The highest BCUT2D eigenvalue weighted by Gasteiger charge is 2.45. The molecule has 142 valence electrons. The molecule has 1 amide bonds. The van der Waals surface area contributed by atoms with Gasteiger partial charge in [0, 0.05) is 30.6 Å². The summed E-state index contributed by atoms with van der Waals surface area (Å²) in [6, 6.07) is 23.1. The van der Waals surface area contributed by atoms with Crippen LogP contribution in [0.4, 0.5) is 0 Å². The van der Waals surface area contributed by atoms with Gasteiger partial charge in [0.15, 0.2) is 0 Å². The van der Waals surface area contributed by atoms with Crippen LogP contribution in [0.5, 0.6) is 0 Å². The number of benzene rings is 2. The number of aromatic nitrogens is 2. The van der Waals surface area contributed by atoms with Crippen molar-refractivity contribution in [3.05, 3.63) is 88.7 Å². The second kappa shape index (κ2) is 7.43. The quantitative estimate of drug-likeness (QED) is 0.667. The smallest absolute Gasteiger partial charge is 0.267 e. The van der Waals surface area contributed by atoms with Gasteiger partial charge in [-0.05, 0) is 24.5 Å². The first-order valence-electron chi connectivity index (χ1n) is 9.51. The second-order valence-electron chi connectivity index (χ2n) is 7.48. The summed E-state index contributed by atoms with van der Waals surface area (Å²) in [7, 11) is 1.80. The number of likely N-dealkylation sites (N-methyl/N-ethyl adjacent to an activating group) is 1. The Kier molecular flexibility index (Phi) is 4.82. The fraction of sp³-hybridized carbons (Fsp3) is 0.261. The molecule has 1 saturated carbocycles. The molecule has 0 bridgehead atoms. The summed E-state index contributed by atoms with van der Waals surface area (Å²) in [6.07, 6.45) is 2.16. The van der Waals surface area contributed by atoms with E-state index in [1.807, 2.05) is 48.5 Å². The Bertz CT molecular complexity index is 1020. The molecule has 0 N–H and O–H groups in total. The highest BCUT2D eigenvalue weighted by Crippen LogP contribution is 2.48. The van der Waals surface area contributed by atoms with Crippen molar-refractivity contribution in [2.45, 2.75) is 24.8 Å². The summed E-state index contributed by atoms with van der Waals surface area (Å²) in [4.78, 5) is 26.7. The predicted molar refractivity (Wildman–Crippen MR) is 109 cm³/mol. The lowest BCUT2D eigenvalue weighted by molar-refractivity contribution is -0.131. The molecule has 0 saturated heterocycles. The summed E-state index contributed by atoms with van der Waals surface area (Å²) in [5.74, 6) is -0.109. The Morgan fingerprint density at radius 3 is 2.29 bits per heavy atom. The van der Waals surface area contributed by atoms with Gasteiger partial charge in [-0.25, -0.2) is 4.68 Å². The van der Waals surface area contributed by atoms with E-state index in [2.05, 4.69) is 17.2 Å². The lowest BCUT2D eigenvalue weighted by Gasteiger charge is -2.24. The third-order valence-electron chi connectivity index (χ3n) is 5.43. The summed E-state index contributed by atoms with van der Waals surface area (Å²) in [5.41, 5.74) is 2.65. The molecule has 1 aliphatic carbocycles. The Morgan fingerprint density at radius 2 is 1.64 bits per heavy atom. The fourth-order valence-electron chi connectivity index (χ4n) is 3.60. The molecule has 2 aromatic carbocycles. The van der Waals surface area contributed by atoms with Gasteiger partial charge < -0.3 is 4.90 Å². The van der Waals surface area contributed by atoms with Crippen molar-refractivity contribution in [3.8, 4) is 11.3 Å². The standard InChI is InChI=1S/C23H23N3O2/c1-25(17-23(14-15-23)19-10-6-3-7-11-19)22(28)16-26-21(27)13-12-20(24-26)18-8-4-2-5-9-18/h2-13H,14-17H2,1H3. The van der Waals surface area contributed by atoms with E-state index in [0.717, 1.165) is 18.4 Å². The minimum absolute atomic E-state index is 0.0515. The third kappa shape index (κ3) is 3.74. The van der Waals surface area contributed by atoms with Gasteiger partial charge in [-0.15, -0.1) is 0 Å². The number of carbonyl (C=O) groups is 1. The zero-order valence-electron chi connectivity index (χ0n) is 15.9. The molecule has 28 heavy (non-hydrogen) atoms. The van der Waals surface area contributed by atoms with Gasteiger partial charge in [0.1, 0.15) is 6.54 Å². The van der Waals surface area contributed by atoms with Crippen molar-refractivity contribution in [1.29, 1.82) is 0 Å². The van der Waals surface area contributed by atoms with Gasteiger partial charge in [-0.3, -0.25) is 9.59 Å². The molecule has 0 spiro atoms. The molecule has 1 aromatic heterocycles. The van der Waals surface area contributed by atoms with Crippen LogP contribution < -0.4 is 5.56 Å². The second-order valence-corrected chi connectivity index (χ2v) is 7.48. The predicted octanol–water partition coefficient (Wildman–Crippen LogP) is 3.10. The van der Waals surface area contributed by atoms with E-state index in [0.29, 0.717) is 12.2 Å². The van der Waals surface area contributed by atoms with Gasteiger partial charge in [0.05, 0.1) is 5.69 Å². The van der Waals surface area contributed by atoms with E-state index in [-0.39, 0.29) is 23.4 Å². The molecule has 0 radical (unpaired) electrons. The molecule has 3 aromatic rings. The van der Waals surface area contributed by atoms with E-state index in [9.17, 15) is 9.59 Å². The maximum absolute atomic E-state index is 12.8. The molecular formula is C23H23N3O2. The molecule has 4 rings (SSSR count). The van der Waals surface area contributed by atoms with Crippen LogP contribution in [0, 0.1) is 0 Å². The number of nitrogens with zero attached hydrogens (tertiary/aromatic N) is 3. The molecule has 0 unspecified atom stereocenters. The lowest BCUT2D eigenvalue weighted by atomic mass is 9.95. The maximum Gasteiger partial charge on any atom is 0.267 e. The van der Waals surface area contributed by atoms with Gasteiger partial charge in [0.2, 0.25) is 5.91 Å². The Balaban J connectivity index is 1.48. The van der Waals surface area contributed by atoms with Crippen LogP contribution in [0.3, 0.4) is 0 Å². The van der Waals surface area contributed by atoms with Crippen LogP contribution in [0.15, 0.2) is 77.6 Å². The van der Waals surface area contributed by atoms with Crippen molar-refractivity contribution < 1.29 is 4.79 Å². The van der Waals surface area contributed by atoms with Crippen LogP contribution in [-0.4, -0.2) is 34.2 Å². The van der Waals surface area contributed by atoms with E-state index >= 15 is 0 Å². The first kappa shape index (κ1) is 18.2. The van der Waals surface area contributed by atoms with Crippen LogP contribution >= 0.6 is 0 Å². The van der Waals surface area contributed by atoms with E-state index in [1.165, 1.54) is 16.3 Å². The Morgan fingerprint density at radius 1 is 1.00 bits per heavy atom. The molecule has 0 atom stereocenters. The molecular weight excluding hydrogens is 350 g/mol. The van der Waals surface area contributed by atoms with Crippen molar-refractivity contribution in [1.82, 2.24) is 14.7 Å². The molecule has 5 nitrogen and oxygen atoms in total. The number of hydrogen-bond acceptors (Lipinski definition) is 3. The SMILES string of the molecule is CN(CC1(c2ccccc2)CC1)C(=O)Cn1nc(-c2ccccc2)ccc1=O. The lowest BCUT2D eigenvalue weighted by Crippen LogP contribution is -2.39. The van der Waals surface area contributed by atoms with Crippen LogP contribution in [0.2, 0.25) is 0 Å². The summed E-state index contributed by atoms with van der Waals surface area (Å²) >= 11 is 0. The van der Waals surface area contributed by atoms with E-state index in [4.69, 9.17) is 0 Å². The van der Waals surface area contributed by atoms with Crippen molar-refractivity contribution in [2.24, 2.45) is 0 Å². The minimum atomic E-state index is -0.273. The van der Waals surface area contributed by atoms with Crippen LogP contribution in [0.1, 0.15) is 18.4 Å². The topological polar surface area (TPSA) is 55.2 Å². The number of carbonyl (C=O) groups excluding carboxylic acids is 1. The third-order valence-corrected chi connectivity index (χ3v) is 5.43. The van der Waals surface area contributed by atoms with Crippen molar-refractivity contribution in [2.75, 3.05) is 13.6 Å². The highest BCUT2D eigenvalue weighted by atomic mass is 16.2. The van der Waals surface area contributed by atoms with Gasteiger partial charge >= 0.3 is 0 Å². The number of rotatable bonds is 6. The number of amides is 1. The van der Waals surface area contributed by atoms with Crippen molar-refractivity contribution in [3.63, 3.8) is 0 Å². The largest absolute Gasteiger partial charge is 0.343 e. The summed E-state index contributed by atoms with van der Waals surface area (Å²) < 4.78 is 1.25. The first-order valence-corrected chi connectivity index (χ1v) is 9.51. The summed E-state index contributed by atoms with van der Waals surface area (Å²) in [5, 5.41) is 4.39. The average Bonchev–Trinajstić information content (AvgIpc) is 3.51. The van der Waals surface area contributed by atoms with Crippen LogP contribution in [-0.2, 0) is 16.8 Å². The molecule has 5 heteroatoms. The normalized spacial score (nSPS) is 14.5. The van der Waals surface area contributed by atoms with Gasteiger partial charge in [0.25, 0.3) is 5.56 Å². The zero-order chi connectivity index (χ0) is 19.6. The molecule has 1 fully saturated rings. The first-order chi connectivity index (χ1) is 13.6. The average molecular weight is 373 g/mol. The molecule has 0 aliphatic heterocycles. The van der Waals surface area contributed by atoms with Gasteiger partial charge in [-0.2, -0.15) is 5.10 Å². The Labute approximate surface area is 164 Å². The molecule has 1 aliphatic rings. The Hall–Kier alpha value is -3.21. The van der Waals surface area contributed by atoms with Crippen molar-refractivity contribution >= 4 is 5.91 Å². The summed E-state index contributed by atoms with van der Waals surface area (Å²) in [6.45, 7) is 0.601. The van der Waals surface area contributed by atoms with Crippen LogP contribution in [0.25, 0.3) is 11.3 Å². The fourth-order valence-corrected chi connectivity index (χ4v) is 3.60. The minimum Gasteiger partial charge on any atom is -0.343 e. The van der Waals surface area contributed by atoms with E-state index < -0.39 is 0 Å². The monoisotopic (exact) mass is 373 g/mol. The molecule has 1 heterocycles. The number of hydrogen-bond donors (Lipinski definition) is 0. The van der Waals surface area contributed by atoms with E-state index in [1.54, 1.807) is 18.0 Å². The highest BCUT2D eigenvalue weighted by molar-refractivity contribution is 5.76. The van der Waals surface area contributed by atoms with Gasteiger partial charge in [-0.1, -0.05) is 60.7 Å². The zero-order valence-corrected chi connectivity index (χ0v) is 15.9. The maximum atomic E-state index is 12.8.